The standard InChI is InChI=1S/C10H6O5/c11-4-15-10-8(13)6-2-1-5(12)3-7(6)9(10)14/h1-4,10,12H. The van der Waals surface area contributed by atoms with Gasteiger partial charge in [-0.2, -0.15) is 0 Å². The van der Waals surface area contributed by atoms with Crippen LogP contribution in [0.4, 0.5) is 0 Å². The summed E-state index contributed by atoms with van der Waals surface area (Å²) in [4.78, 5) is 33.1. The van der Waals surface area contributed by atoms with E-state index in [1.54, 1.807) is 0 Å². The first-order valence-electron chi connectivity index (χ1n) is 4.15. The number of phenols is 1. The fourth-order valence-corrected chi connectivity index (χ4v) is 1.53. The van der Waals surface area contributed by atoms with Crippen LogP contribution in [0.1, 0.15) is 20.7 Å². The van der Waals surface area contributed by atoms with Gasteiger partial charge in [-0.25, -0.2) is 0 Å². The van der Waals surface area contributed by atoms with E-state index in [2.05, 4.69) is 4.74 Å². The highest BCUT2D eigenvalue weighted by Crippen LogP contribution is 2.27. The quantitative estimate of drug-likeness (QED) is 0.556. The number of rotatable bonds is 2. The molecule has 0 heterocycles. The number of carbonyl (C=O) groups excluding carboxylic acids is 3. The third-order valence-electron chi connectivity index (χ3n) is 2.20. The van der Waals surface area contributed by atoms with E-state index in [-0.39, 0.29) is 23.3 Å². The first-order valence-corrected chi connectivity index (χ1v) is 4.15. The van der Waals surface area contributed by atoms with Crippen LogP contribution in [-0.4, -0.2) is 29.2 Å². The Morgan fingerprint density at radius 3 is 2.53 bits per heavy atom. The minimum absolute atomic E-state index is 0.0617. The zero-order valence-electron chi connectivity index (χ0n) is 7.47. The van der Waals surface area contributed by atoms with E-state index in [1.807, 2.05) is 0 Å². The highest BCUT2D eigenvalue weighted by molar-refractivity contribution is 6.29. The maximum Gasteiger partial charge on any atom is 0.294 e. The van der Waals surface area contributed by atoms with Crippen LogP contribution in [0, 0.1) is 0 Å². The van der Waals surface area contributed by atoms with Crippen molar-refractivity contribution in [1.29, 1.82) is 0 Å². The van der Waals surface area contributed by atoms with E-state index < -0.39 is 17.7 Å². The van der Waals surface area contributed by atoms with Crippen molar-refractivity contribution in [2.45, 2.75) is 6.10 Å². The van der Waals surface area contributed by atoms with Crippen molar-refractivity contribution in [3.63, 3.8) is 0 Å². The molecule has 0 spiro atoms. The van der Waals surface area contributed by atoms with Crippen LogP contribution in [0.5, 0.6) is 5.75 Å². The molecular formula is C10H6O5. The molecule has 0 radical (unpaired) electrons. The van der Waals surface area contributed by atoms with Crippen LogP contribution in [0.15, 0.2) is 18.2 Å². The summed E-state index contributed by atoms with van der Waals surface area (Å²) >= 11 is 0. The second-order valence-corrected chi connectivity index (χ2v) is 3.07. The zero-order chi connectivity index (χ0) is 11.0. The van der Waals surface area contributed by atoms with E-state index in [1.165, 1.54) is 18.2 Å². The molecule has 1 atom stereocenters. The molecule has 0 fully saturated rings. The predicted octanol–water partition coefficient (Wildman–Crippen LogP) is 0.313. The van der Waals surface area contributed by atoms with Gasteiger partial charge in [-0.1, -0.05) is 0 Å². The van der Waals surface area contributed by atoms with Crippen molar-refractivity contribution in [3.8, 4) is 5.75 Å². The molecule has 76 valence electrons. The second kappa shape index (κ2) is 3.20. The van der Waals surface area contributed by atoms with Gasteiger partial charge in [0.15, 0.2) is 0 Å². The number of carbonyl (C=O) groups is 3. The topological polar surface area (TPSA) is 80.7 Å². The van der Waals surface area contributed by atoms with E-state index in [4.69, 9.17) is 5.11 Å². The molecule has 1 aromatic rings. The Bertz CT molecular complexity index is 463. The summed E-state index contributed by atoms with van der Waals surface area (Å²) in [7, 11) is 0. The molecule has 0 aromatic heterocycles. The lowest BCUT2D eigenvalue weighted by atomic mass is 10.1. The van der Waals surface area contributed by atoms with Crippen molar-refractivity contribution < 1.29 is 24.2 Å². The molecule has 0 saturated carbocycles. The number of hydrogen-bond acceptors (Lipinski definition) is 5. The number of ether oxygens (including phenoxy) is 1. The number of hydrogen-bond donors (Lipinski definition) is 1. The van der Waals surface area contributed by atoms with Gasteiger partial charge in [-0.15, -0.1) is 0 Å². The Hall–Kier alpha value is -2.17. The number of fused-ring (bicyclic) bond motifs is 1. The molecule has 5 nitrogen and oxygen atoms in total. The van der Waals surface area contributed by atoms with Crippen LogP contribution >= 0.6 is 0 Å². The lowest BCUT2D eigenvalue weighted by molar-refractivity contribution is -0.130. The van der Waals surface area contributed by atoms with Gasteiger partial charge in [0.25, 0.3) is 6.47 Å². The average Bonchev–Trinajstić information content (AvgIpc) is 2.44. The summed E-state index contributed by atoms with van der Waals surface area (Å²) < 4.78 is 4.39. The third kappa shape index (κ3) is 1.28. The molecule has 0 amide bonds. The predicted molar refractivity (Wildman–Crippen MR) is 47.7 cm³/mol. The van der Waals surface area contributed by atoms with Crippen LogP contribution in [0.25, 0.3) is 0 Å². The summed E-state index contributed by atoms with van der Waals surface area (Å²) in [5, 5.41) is 9.14. The van der Waals surface area contributed by atoms with Crippen LogP contribution < -0.4 is 0 Å². The number of ketones is 2. The van der Waals surface area contributed by atoms with Crippen molar-refractivity contribution in [1.82, 2.24) is 0 Å². The van der Waals surface area contributed by atoms with Gasteiger partial charge in [-0.3, -0.25) is 14.4 Å². The summed E-state index contributed by atoms with van der Waals surface area (Å²) in [6.07, 6.45) is -1.39. The Labute approximate surface area is 84.3 Å². The Morgan fingerprint density at radius 2 is 1.87 bits per heavy atom. The summed E-state index contributed by atoms with van der Waals surface area (Å²) in [6.45, 7) is 0.0617. The Kier molecular flexibility index (Phi) is 2.00. The number of aromatic hydroxyl groups is 1. The number of Topliss-reactive ketones (excluding diaryl/α,β-unsaturated/α-hetero) is 2. The molecule has 1 aliphatic carbocycles. The van der Waals surface area contributed by atoms with Gasteiger partial charge < -0.3 is 9.84 Å². The average molecular weight is 206 g/mol. The van der Waals surface area contributed by atoms with Crippen LogP contribution in [-0.2, 0) is 9.53 Å². The first-order chi connectivity index (χ1) is 7.15. The molecule has 0 saturated heterocycles. The van der Waals surface area contributed by atoms with Crippen LogP contribution in [0.3, 0.4) is 0 Å². The van der Waals surface area contributed by atoms with Gasteiger partial charge >= 0.3 is 0 Å². The van der Waals surface area contributed by atoms with Gasteiger partial charge in [0.1, 0.15) is 5.75 Å². The monoisotopic (exact) mass is 206 g/mol. The minimum atomic E-state index is -1.39. The maximum atomic E-state index is 11.5. The minimum Gasteiger partial charge on any atom is -0.508 e. The van der Waals surface area contributed by atoms with Gasteiger partial charge in [0.2, 0.25) is 17.7 Å². The van der Waals surface area contributed by atoms with E-state index in [0.717, 1.165) is 0 Å². The maximum absolute atomic E-state index is 11.5. The normalized spacial score (nSPS) is 18.8. The Balaban J connectivity index is 2.50. The largest absolute Gasteiger partial charge is 0.508 e. The highest BCUT2D eigenvalue weighted by atomic mass is 16.5. The molecule has 0 bridgehead atoms. The third-order valence-corrected chi connectivity index (χ3v) is 2.20. The number of benzene rings is 1. The molecule has 0 aliphatic heterocycles. The fraction of sp³-hybridized carbons (Fsp3) is 0.100. The van der Waals surface area contributed by atoms with Gasteiger partial charge in [-0.05, 0) is 18.2 Å². The van der Waals surface area contributed by atoms with E-state index >= 15 is 0 Å². The molecule has 1 aromatic carbocycles. The molecule has 1 aliphatic rings. The molecule has 15 heavy (non-hydrogen) atoms. The van der Waals surface area contributed by atoms with Crippen LogP contribution in [0.2, 0.25) is 0 Å². The van der Waals surface area contributed by atoms with E-state index in [9.17, 15) is 14.4 Å². The van der Waals surface area contributed by atoms with Crippen molar-refractivity contribution in [3.05, 3.63) is 29.3 Å². The summed E-state index contributed by atoms with van der Waals surface area (Å²) in [5.74, 6) is -1.26. The molecular weight excluding hydrogens is 200 g/mol. The smallest absolute Gasteiger partial charge is 0.294 e. The van der Waals surface area contributed by atoms with Gasteiger partial charge in [0.05, 0.1) is 0 Å². The highest BCUT2D eigenvalue weighted by Gasteiger charge is 2.40. The van der Waals surface area contributed by atoms with E-state index in [0.29, 0.717) is 0 Å². The first kappa shape index (κ1) is 9.39. The summed E-state index contributed by atoms with van der Waals surface area (Å²) in [5.41, 5.74) is 0.261. The van der Waals surface area contributed by atoms with Gasteiger partial charge in [0, 0.05) is 11.1 Å². The Morgan fingerprint density at radius 1 is 1.20 bits per heavy atom. The molecule has 1 N–H and O–H groups in total. The lowest BCUT2D eigenvalue weighted by Gasteiger charge is -2.01. The van der Waals surface area contributed by atoms with Crippen molar-refractivity contribution in [2.75, 3.05) is 0 Å². The summed E-state index contributed by atoms with van der Waals surface area (Å²) in [6, 6.07) is 3.82. The molecule has 2 rings (SSSR count). The zero-order valence-corrected chi connectivity index (χ0v) is 7.47. The van der Waals surface area contributed by atoms with Crippen molar-refractivity contribution in [2.24, 2.45) is 0 Å². The number of phenolic OH excluding ortho intramolecular Hbond substituents is 1. The SMILES string of the molecule is O=COC1C(=O)c2ccc(O)cc2C1=O. The second-order valence-electron chi connectivity index (χ2n) is 3.07. The van der Waals surface area contributed by atoms with Crippen molar-refractivity contribution >= 4 is 18.0 Å². The molecule has 1 unspecified atom stereocenters. The fourth-order valence-electron chi connectivity index (χ4n) is 1.53. The lowest BCUT2D eigenvalue weighted by Crippen LogP contribution is -2.25. The molecule has 5 heteroatoms.